The van der Waals surface area contributed by atoms with Crippen LogP contribution >= 0.6 is 0 Å². The minimum absolute atomic E-state index is 0.443. The molecule has 0 aliphatic carbocycles. The Hall–Kier alpha value is -2.29. The molecule has 0 saturated carbocycles. The lowest BCUT2D eigenvalue weighted by atomic mass is 9.88. The minimum atomic E-state index is -0.853. The van der Waals surface area contributed by atoms with Crippen molar-refractivity contribution in [3.63, 3.8) is 0 Å². The SMILES string of the molecule is CCCCc1c(C)cc2c(c1C(=O)O)Cc1ccccc1O2. The molecule has 1 aliphatic rings. The average Bonchev–Trinajstić information content (AvgIpc) is 2.50. The van der Waals surface area contributed by atoms with Gasteiger partial charge in [0.05, 0.1) is 5.56 Å². The van der Waals surface area contributed by atoms with Gasteiger partial charge < -0.3 is 9.84 Å². The van der Waals surface area contributed by atoms with Gasteiger partial charge in [-0.1, -0.05) is 31.5 Å². The fraction of sp³-hybridized carbons (Fsp3) is 0.316. The molecule has 1 aliphatic heterocycles. The zero-order chi connectivity index (χ0) is 15.7. The summed E-state index contributed by atoms with van der Waals surface area (Å²) in [5.74, 6) is 0.662. The van der Waals surface area contributed by atoms with E-state index in [2.05, 4.69) is 6.92 Å². The number of aryl methyl sites for hydroxylation is 1. The normalized spacial score (nSPS) is 12.3. The molecule has 2 aromatic rings. The van der Waals surface area contributed by atoms with Crippen molar-refractivity contribution in [3.05, 3.63) is 58.1 Å². The first-order valence-electron chi connectivity index (χ1n) is 7.76. The summed E-state index contributed by atoms with van der Waals surface area (Å²) in [4.78, 5) is 11.9. The van der Waals surface area contributed by atoms with E-state index in [1.165, 1.54) is 0 Å². The predicted molar refractivity (Wildman–Crippen MR) is 86.1 cm³/mol. The van der Waals surface area contributed by atoms with E-state index in [1.54, 1.807) is 0 Å². The quantitative estimate of drug-likeness (QED) is 0.757. The zero-order valence-electron chi connectivity index (χ0n) is 13.0. The molecular weight excluding hydrogens is 276 g/mol. The minimum Gasteiger partial charge on any atom is -0.478 e. The Morgan fingerprint density at radius 2 is 2.05 bits per heavy atom. The Morgan fingerprint density at radius 1 is 1.27 bits per heavy atom. The van der Waals surface area contributed by atoms with Crippen molar-refractivity contribution in [2.75, 3.05) is 0 Å². The molecule has 3 nitrogen and oxygen atoms in total. The number of benzene rings is 2. The molecule has 0 aromatic heterocycles. The first kappa shape index (κ1) is 14.6. The second kappa shape index (κ2) is 5.84. The summed E-state index contributed by atoms with van der Waals surface area (Å²) in [6.07, 6.45) is 3.47. The van der Waals surface area contributed by atoms with E-state index < -0.39 is 5.97 Å². The molecular formula is C19H20O3. The number of aromatic carboxylic acids is 1. The summed E-state index contributed by atoms with van der Waals surface area (Å²) in [6.45, 7) is 4.09. The van der Waals surface area contributed by atoms with Crippen LogP contribution in [0.4, 0.5) is 0 Å². The maximum atomic E-state index is 11.9. The van der Waals surface area contributed by atoms with Crippen LogP contribution in [0.15, 0.2) is 30.3 Å². The molecule has 0 saturated heterocycles. The number of carboxylic acid groups (broad SMARTS) is 1. The maximum Gasteiger partial charge on any atom is 0.336 e. The molecule has 3 heteroatoms. The Morgan fingerprint density at radius 3 is 2.77 bits per heavy atom. The molecule has 0 fully saturated rings. The molecule has 0 spiro atoms. The van der Waals surface area contributed by atoms with Crippen molar-refractivity contribution in [2.45, 2.75) is 39.5 Å². The Labute approximate surface area is 130 Å². The Balaban J connectivity index is 2.14. The van der Waals surface area contributed by atoms with Crippen molar-refractivity contribution in [3.8, 4) is 11.5 Å². The second-order valence-electron chi connectivity index (χ2n) is 5.82. The Kier molecular flexibility index (Phi) is 3.88. The first-order chi connectivity index (χ1) is 10.6. The number of carbonyl (C=O) groups is 1. The van der Waals surface area contributed by atoms with E-state index in [-0.39, 0.29) is 0 Å². The largest absolute Gasteiger partial charge is 0.478 e. The number of unbranched alkanes of at least 4 members (excludes halogenated alkanes) is 1. The van der Waals surface area contributed by atoms with Crippen molar-refractivity contribution in [2.24, 2.45) is 0 Å². The number of carboxylic acids is 1. The van der Waals surface area contributed by atoms with Gasteiger partial charge in [-0.25, -0.2) is 4.79 Å². The highest BCUT2D eigenvalue weighted by Crippen LogP contribution is 2.40. The lowest BCUT2D eigenvalue weighted by Crippen LogP contribution is -2.14. The van der Waals surface area contributed by atoms with Crippen molar-refractivity contribution in [1.82, 2.24) is 0 Å². The van der Waals surface area contributed by atoms with Crippen LogP contribution in [0.25, 0.3) is 0 Å². The molecule has 22 heavy (non-hydrogen) atoms. The molecule has 2 aromatic carbocycles. The molecule has 0 atom stereocenters. The van der Waals surface area contributed by atoms with Crippen LogP contribution in [-0.2, 0) is 12.8 Å². The first-order valence-corrected chi connectivity index (χ1v) is 7.76. The third-order valence-electron chi connectivity index (χ3n) is 4.28. The van der Waals surface area contributed by atoms with Crippen LogP contribution < -0.4 is 4.74 Å². The highest BCUT2D eigenvalue weighted by molar-refractivity contribution is 5.93. The Bertz CT molecular complexity index is 732. The van der Waals surface area contributed by atoms with Gasteiger partial charge in [0.2, 0.25) is 0 Å². The van der Waals surface area contributed by atoms with E-state index in [1.807, 2.05) is 37.3 Å². The summed E-state index contributed by atoms with van der Waals surface area (Å²) in [6, 6.07) is 9.81. The van der Waals surface area contributed by atoms with Gasteiger partial charge in [-0.15, -0.1) is 0 Å². The fourth-order valence-electron chi connectivity index (χ4n) is 3.13. The lowest BCUT2D eigenvalue weighted by Gasteiger charge is -2.24. The summed E-state index contributed by atoms with van der Waals surface area (Å²) in [7, 11) is 0. The maximum absolute atomic E-state index is 11.9. The lowest BCUT2D eigenvalue weighted by molar-refractivity contribution is 0.0694. The second-order valence-corrected chi connectivity index (χ2v) is 5.82. The fourth-order valence-corrected chi connectivity index (χ4v) is 3.13. The van der Waals surface area contributed by atoms with Gasteiger partial charge in [0.1, 0.15) is 11.5 Å². The standard InChI is InChI=1S/C19H20O3/c1-3-4-8-14-12(2)10-17-15(18(14)19(20)21)11-13-7-5-6-9-16(13)22-17/h5-7,9-10H,3-4,8,11H2,1-2H3,(H,20,21). The molecule has 0 bridgehead atoms. The van der Waals surface area contributed by atoms with Crippen molar-refractivity contribution in [1.29, 1.82) is 0 Å². The van der Waals surface area contributed by atoms with Crippen LogP contribution in [0.2, 0.25) is 0 Å². The van der Waals surface area contributed by atoms with E-state index in [9.17, 15) is 9.90 Å². The number of para-hydroxylation sites is 1. The van der Waals surface area contributed by atoms with Gasteiger partial charge in [0.25, 0.3) is 0 Å². The van der Waals surface area contributed by atoms with Crippen LogP contribution in [-0.4, -0.2) is 11.1 Å². The highest BCUT2D eigenvalue weighted by atomic mass is 16.5. The van der Waals surface area contributed by atoms with Crippen LogP contribution in [0.5, 0.6) is 11.5 Å². The van der Waals surface area contributed by atoms with Crippen LogP contribution in [0, 0.1) is 6.92 Å². The molecule has 114 valence electrons. The molecule has 0 unspecified atom stereocenters. The number of hydrogen-bond donors (Lipinski definition) is 1. The molecule has 0 amide bonds. The van der Waals surface area contributed by atoms with Gasteiger partial charge >= 0.3 is 5.97 Å². The average molecular weight is 296 g/mol. The highest BCUT2D eigenvalue weighted by Gasteiger charge is 2.26. The third-order valence-corrected chi connectivity index (χ3v) is 4.28. The van der Waals surface area contributed by atoms with E-state index >= 15 is 0 Å². The van der Waals surface area contributed by atoms with Crippen molar-refractivity contribution >= 4 is 5.97 Å². The van der Waals surface area contributed by atoms with Gasteiger partial charge in [0, 0.05) is 12.0 Å². The third kappa shape index (κ3) is 2.47. The van der Waals surface area contributed by atoms with E-state index in [4.69, 9.17) is 4.74 Å². The van der Waals surface area contributed by atoms with Crippen LogP contribution in [0.3, 0.4) is 0 Å². The van der Waals surface area contributed by atoms with Gasteiger partial charge in [-0.05, 0) is 48.6 Å². The summed E-state index contributed by atoms with van der Waals surface area (Å²) in [5, 5.41) is 9.74. The summed E-state index contributed by atoms with van der Waals surface area (Å²) >= 11 is 0. The van der Waals surface area contributed by atoms with E-state index in [0.29, 0.717) is 17.7 Å². The predicted octanol–water partition coefficient (Wildman–Crippen LogP) is 4.73. The van der Waals surface area contributed by atoms with Gasteiger partial charge in [0.15, 0.2) is 0 Å². The molecule has 3 rings (SSSR count). The monoisotopic (exact) mass is 296 g/mol. The van der Waals surface area contributed by atoms with Crippen molar-refractivity contribution < 1.29 is 14.6 Å². The smallest absolute Gasteiger partial charge is 0.336 e. The van der Waals surface area contributed by atoms with E-state index in [0.717, 1.165) is 47.3 Å². The number of ether oxygens (including phenoxy) is 1. The summed E-state index contributed by atoms with van der Waals surface area (Å²) < 4.78 is 5.95. The summed E-state index contributed by atoms with van der Waals surface area (Å²) in [5.41, 5.74) is 4.25. The molecule has 1 N–H and O–H groups in total. The van der Waals surface area contributed by atoms with Gasteiger partial charge in [-0.3, -0.25) is 0 Å². The number of rotatable bonds is 4. The molecule has 1 heterocycles. The zero-order valence-corrected chi connectivity index (χ0v) is 13.0. The topological polar surface area (TPSA) is 46.5 Å². The number of hydrogen-bond acceptors (Lipinski definition) is 2. The molecule has 0 radical (unpaired) electrons. The van der Waals surface area contributed by atoms with Crippen LogP contribution in [0.1, 0.15) is 52.4 Å². The number of fused-ring (bicyclic) bond motifs is 2. The van der Waals surface area contributed by atoms with Gasteiger partial charge in [-0.2, -0.15) is 0 Å².